The Morgan fingerprint density at radius 2 is 0.642 bits per heavy atom. The first-order valence-electron chi connectivity index (χ1n) is 27.0. The Bertz CT molecular complexity index is 3940. The van der Waals surface area contributed by atoms with Crippen molar-refractivity contribution in [2.24, 2.45) is 0 Å². The average molecular weight is 1140 g/mol. The highest BCUT2D eigenvalue weighted by Gasteiger charge is 2.43. The third kappa shape index (κ3) is 8.51. The zero-order chi connectivity index (χ0) is 55.5. The summed E-state index contributed by atoms with van der Waals surface area (Å²) in [7, 11) is -14.9. The summed E-state index contributed by atoms with van der Waals surface area (Å²) in [6.07, 6.45) is -0.378. The van der Waals surface area contributed by atoms with Gasteiger partial charge in [-0.3, -0.25) is 13.7 Å². The number of phenolic OH excluding ortho intramolecular Hbond substituents is 2. The predicted molar refractivity (Wildman–Crippen MR) is 325 cm³/mol. The third-order valence-corrected chi connectivity index (χ3v) is 26.8. The second kappa shape index (κ2) is 19.1. The standard InChI is InChI=1S/C68H54O9P4/c1-68(2,49-35-45(40-78(71)39-44-19-3-4-20-51(44)55-24-8-15-31-62(55)78)66(69)46(36-49)41-79(72)63-32-16-9-25-56(63)52-21-5-12-28-59(52)75-79)50-37-47(42-80(73)64-33-17-10-26-57(64)53-22-6-13-29-60(53)76-80)67(70)48(38-50)43-81(74)65-34-18-11-27-58(65)54-23-7-14-30-61(54)77-81/h3-38,69-70H,39-43H2,1-2H3. The van der Waals surface area contributed by atoms with Gasteiger partial charge in [0, 0.05) is 62.0 Å². The molecule has 0 bridgehead atoms. The Balaban J connectivity index is 0.948. The number of aromatic hydroxyl groups is 2. The van der Waals surface area contributed by atoms with Gasteiger partial charge < -0.3 is 28.3 Å². The molecule has 4 atom stereocenters. The van der Waals surface area contributed by atoms with E-state index in [4.69, 9.17) is 13.6 Å². The van der Waals surface area contributed by atoms with E-state index in [1.807, 2.05) is 208 Å². The Morgan fingerprint density at radius 3 is 1.02 bits per heavy atom. The van der Waals surface area contributed by atoms with Gasteiger partial charge in [0.2, 0.25) is 0 Å². The van der Waals surface area contributed by atoms with E-state index >= 15 is 18.3 Å². The van der Waals surface area contributed by atoms with E-state index in [2.05, 4.69) is 6.07 Å². The molecule has 13 heteroatoms. The Kier molecular flexibility index (Phi) is 12.1. The second-order valence-electron chi connectivity index (χ2n) is 22.1. The van der Waals surface area contributed by atoms with Crippen LogP contribution in [-0.2, 0) is 54.5 Å². The molecule has 4 unspecified atom stereocenters. The van der Waals surface area contributed by atoms with Gasteiger partial charge in [0.05, 0.1) is 34.4 Å². The van der Waals surface area contributed by atoms with Crippen molar-refractivity contribution in [2.75, 3.05) is 0 Å². The zero-order valence-corrected chi connectivity index (χ0v) is 47.9. The number of rotatable bonds is 10. The molecule has 0 radical (unpaired) electrons. The molecule has 10 aromatic carbocycles. The second-order valence-corrected chi connectivity index (χ2v) is 32.0. The van der Waals surface area contributed by atoms with Crippen molar-refractivity contribution in [3.63, 3.8) is 0 Å². The van der Waals surface area contributed by atoms with Gasteiger partial charge in [-0.15, -0.1) is 0 Å². The predicted octanol–water partition coefficient (Wildman–Crippen LogP) is 16.3. The maximum atomic E-state index is 16.0. The summed E-state index contributed by atoms with van der Waals surface area (Å²) in [4.78, 5) is 0. The van der Waals surface area contributed by atoms with Crippen LogP contribution in [0.5, 0.6) is 28.7 Å². The highest BCUT2D eigenvalue weighted by molar-refractivity contribution is 7.70. The number of hydrogen-bond donors (Lipinski definition) is 2. The molecule has 0 amide bonds. The third-order valence-electron chi connectivity index (χ3n) is 16.7. The van der Waals surface area contributed by atoms with Crippen LogP contribution in [-0.4, -0.2) is 10.2 Å². The molecule has 0 fully saturated rings. The number of para-hydroxylation sites is 3. The summed E-state index contributed by atoms with van der Waals surface area (Å²) in [6, 6.07) is 68.2. The molecular weight excluding hydrogens is 1080 g/mol. The van der Waals surface area contributed by atoms with Crippen LogP contribution in [0.25, 0.3) is 44.5 Å². The van der Waals surface area contributed by atoms with Crippen molar-refractivity contribution in [1.82, 2.24) is 0 Å². The molecule has 4 heterocycles. The van der Waals surface area contributed by atoms with Gasteiger partial charge in [0.1, 0.15) is 35.9 Å². The fraction of sp³-hybridized carbons (Fsp3) is 0.118. The van der Waals surface area contributed by atoms with Crippen LogP contribution in [0.2, 0.25) is 0 Å². The molecule has 0 spiro atoms. The molecule has 10 aromatic rings. The molecule has 9 nitrogen and oxygen atoms in total. The Hall–Kier alpha value is -7.88. The van der Waals surface area contributed by atoms with Crippen LogP contribution in [0.15, 0.2) is 218 Å². The first-order valence-corrected chi connectivity index (χ1v) is 34.5. The molecule has 0 saturated carbocycles. The molecule has 400 valence electrons. The van der Waals surface area contributed by atoms with E-state index in [9.17, 15) is 10.2 Å². The maximum Gasteiger partial charge on any atom is 0.282 e. The van der Waals surface area contributed by atoms with E-state index in [0.717, 1.165) is 55.4 Å². The number of hydrogen-bond acceptors (Lipinski definition) is 9. The Labute approximate surface area is 470 Å². The van der Waals surface area contributed by atoms with E-state index in [-0.39, 0.29) is 42.3 Å². The van der Waals surface area contributed by atoms with Crippen molar-refractivity contribution in [2.45, 2.75) is 50.1 Å². The minimum absolute atomic E-state index is 0.0133. The lowest BCUT2D eigenvalue weighted by Gasteiger charge is -2.33. The number of benzene rings is 10. The lowest BCUT2D eigenvalue weighted by atomic mass is 9.76. The quantitative estimate of drug-likeness (QED) is 0.128. The van der Waals surface area contributed by atoms with Crippen LogP contribution < -0.4 is 34.8 Å². The van der Waals surface area contributed by atoms with E-state index in [0.29, 0.717) is 66.5 Å². The highest BCUT2D eigenvalue weighted by Crippen LogP contribution is 2.63. The summed E-state index contributed by atoms with van der Waals surface area (Å²) < 4.78 is 83.3. The molecule has 4 aliphatic rings. The largest absolute Gasteiger partial charge is 0.507 e. The van der Waals surface area contributed by atoms with Gasteiger partial charge >= 0.3 is 0 Å². The van der Waals surface area contributed by atoms with Crippen LogP contribution in [0.1, 0.15) is 52.8 Å². The van der Waals surface area contributed by atoms with Gasteiger partial charge in [0.25, 0.3) is 22.1 Å². The van der Waals surface area contributed by atoms with Gasteiger partial charge in [-0.1, -0.05) is 196 Å². The summed E-state index contributed by atoms with van der Waals surface area (Å²) in [5, 5.41) is 27.9. The summed E-state index contributed by atoms with van der Waals surface area (Å²) in [5.74, 6) is 1.09. The first kappa shape index (κ1) is 51.3. The summed E-state index contributed by atoms with van der Waals surface area (Å²) in [6.45, 7) is 4.03. The van der Waals surface area contributed by atoms with Crippen molar-refractivity contribution in [1.29, 1.82) is 0 Å². The van der Waals surface area contributed by atoms with Gasteiger partial charge in [-0.25, -0.2) is 0 Å². The van der Waals surface area contributed by atoms with Crippen LogP contribution in [0, 0.1) is 0 Å². The van der Waals surface area contributed by atoms with Crippen molar-refractivity contribution in [3.8, 4) is 73.3 Å². The van der Waals surface area contributed by atoms with Crippen molar-refractivity contribution in [3.05, 3.63) is 257 Å². The van der Waals surface area contributed by atoms with E-state index in [1.165, 1.54) is 0 Å². The fourth-order valence-corrected chi connectivity index (χ4v) is 22.8. The lowest BCUT2D eigenvalue weighted by molar-refractivity contribution is 0.455. The van der Waals surface area contributed by atoms with Gasteiger partial charge in [-0.2, -0.15) is 0 Å². The normalized spacial score (nSPS) is 20.7. The number of fused-ring (bicyclic) bond motifs is 12. The van der Waals surface area contributed by atoms with E-state index < -0.39 is 34.7 Å². The van der Waals surface area contributed by atoms with Crippen LogP contribution in [0.4, 0.5) is 0 Å². The minimum Gasteiger partial charge on any atom is -0.507 e. The topological polar surface area (TPSA) is 136 Å². The molecule has 0 saturated heterocycles. The SMILES string of the molecule is CC(C)(c1cc(CP2(=O)Cc3ccccc3-c3ccccc32)c(O)c(CP2(=O)Oc3ccccc3-c3ccccc32)c1)c1cc(CP2(=O)Oc3ccccc3-c3ccccc32)c(O)c(CP2(=O)Oc3ccccc3-c3ccccc32)c1. The molecule has 0 aromatic heterocycles. The highest BCUT2D eigenvalue weighted by atomic mass is 31.2. The average Bonchev–Trinajstić information content (AvgIpc) is 3.51. The molecule has 4 aliphatic heterocycles. The molecule has 0 aliphatic carbocycles. The summed E-state index contributed by atoms with van der Waals surface area (Å²) >= 11 is 0. The summed E-state index contributed by atoms with van der Waals surface area (Å²) in [5.41, 5.74) is 9.25. The molecule has 2 N–H and O–H groups in total. The van der Waals surface area contributed by atoms with Crippen LogP contribution >= 0.6 is 29.2 Å². The first-order chi connectivity index (χ1) is 39.1. The molecule has 81 heavy (non-hydrogen) atoms. The van der Waals surface area contributed by atoms with Gasteiger partial charge in [-0.05, 0) is 80.9 Å². The van der Waals surface area contributed by atoms with Crippen LogP contribution in [0.3, 0.4) is 0 Å². The Morgan fingerprint density at radius 1 is 0.358 bits per heavy atom. The van der Waals surface area contributed by atoms with Gasteiger partial charge in [0.15, 0.2) is 0 Å². The minimum atomic E-state index is -3.85. The smallest absolute Gasteiger partial charge is 0.282 e. The zero-order valence-electron chi connectivity index (χ0n) is 44.4. The molecule has 14 rings (SSSR count). The number of phenols is 2. The lowest BCUT2D eigenvalue weighted by Crippen LogP contribution is -2.23. The van der Waals surface area contributed by atoms with Crippen molar-refractivity contribution < 1.29 is 42.0 Å². The monoisotopic (exact) mass is 1140 g/mol. The fourth-order valence-electron chi connectivity index (χ4n) is 12.6. The van der Waals surface area contributed by atoms with Crippen molar-refractivity contribution >= 4 is 50.5 Å². The molecular formula is C68H54O9P4. The van der Waals surface area contributed by atoms with E-state index in [1.54, 1.807) is 18.2 Å². The maximum absolute atomic E-state index is 16.0.